The largest absolute Gasteiger partial charge is 0.355 e. The molecule has 2 aromatic rings. The fourth-order valence-electron chi connectivity index (χ4n) is 2.57. The highest BCUT2D eigenvalue weighted by molar-refractivity contribution is 5.80. The zero-order valence-corrected chi connectivity index (χ0v) is 13.6. The Balaban J connectivity index is 1.70. The van der Waals surface area contributed by atoms with Gasteiger partial charge in [0, 0.05) is 6.54 Å². The third-order valence-electron chi connectivity index (χ3n) is 3.96. The maximum absolute atomic E-state index is 12.0. The van der Waals surface area contributed by atoms with Gasteiger partial charge >= 0.3 is 0 Å². The average Bonchev–Trinajstić information content (AvgIpc) is 2.94. The summed E-state index contributed by atoms with van der Waals surface area (Å²) in [6.07, 6.45) is 3.87. The molecule has 0 aliphatic rings. The lowest BCUT2D eigenvalue weighted by molar-refractivity contribution is -0.121. The van der Waals surface area contributed by atoms with E-state index in [0.717, 1.165) is 50.1 Å². The predicted octanol–water partition coefficient (Wildman–Crippen LogP) is 2.27. The quantitative estimate of drug-likeness (QED) is 0.723. The molecule has 1 aromatic carbocycles. The molecule has 0 bridgehead atoms. The Bertz CT molecular complexity index is 589. The van der Waals surface area contributed by atoms with Crippen molar-refractivity contribution in [1.29, 1.82) is 0 Å². The molecule has 2 rings (SSSR count). The van der Waals surface area contributed by atoms with E-state index in [2.05, 4.69) is 29.0 Å². The van der Waals surface area contributed by atoms with Crippen LogP contribution in [0.1, 0.15) is 26.7 Å². The molecular formula is C17H26N4O. The lowest BCUT2D eigenvalue weighted by Crippen LogP contribution is -2.29. The molecule has 0 saturated carbocycles. The molecule has 1 amide bonds. The Morgan fingerprint density at radius 2 is 2.00 bits per heavy atom. The monoisotopic (exact) mass is 302 g/mol. The summed E-state index contributed by atoms with van der Waals surface area (Å²) in [5.74, 6) is 0.0472. The van der Waals surface area contributed by atoms with Crippen LogP contribution in [0.3, 0.4) is 0 Å². The van der Waals surface area contributed by atoms with Gasteiger partial charge in [0.25, 0.3) is 0 Å². The molecule has 0 spiro atoms. The number of carbonyl (C=O) groups is 1. The summed E-state index contributed by atoms with van der Waals surface area (Å²) in [6, 6.07) is 7.86. The molecule has 0 atom stereocenters. The lowest BCUT2D eigenvalue weighted by atomic mass is 10.3. The van der Waals surface area contributed by atoms with Crippen LogP contribution in [0.5, 0.6) is 0 Å². The van der Waals surface area contributed by atoms with Crippen molar-refractivity contribution < 1.29 is 4.79 Å². The van der Waals surface area contributed by atoms with Crippen molar-refractivity contribution in [2.75, 3.05) is 26.2 Å². The van der Waals surface area contributed by atoms with Crippen LogP contribution in [-0.4, -0.2) is 46.5 Å². The van der Waals surface area contributed by atoms with Gasteiger partial charge in [-0.05, 0) is 44.6 Å². The molecule has 120 valence electrons. The number of imidazole rings is 1. The van der Waals surface area contributed by atoms with Crippen molar-refractivity contribution in [3.63, 3.8) is 0 Å². The van der Waals surface area contributed by atoms with E-state index < -0.39 is 0 Å². The van der Waals surface area contributed by atoms with Crippen LogP contribution in [0.25, 0.3) is 11.0 Å². The molecule has 0 fully saturated rings. The highest BCUT2D eigenvalue weighted by Gasteiger charge is 2.06. The smallest absolute Gasteiger partial charge is 0.239 e. The van der Waals surface area contributed by atoms with Crippen LogP contribution in [0.2, 0.25) is 0 Å². The summed E-state index contributed by atoms with van der Waals surface area (Å²) in [6.45, 7) is 8.73. The van der Waals surface area contributed by atoms with Gasteiger partial charge in [0.05, 0.1) is 17.4 Å². The second-order valence-corrected chi connectivity index (χ2v) is 5.45. The number of carbonyl (C=O) groups excluding carboxylic acids is 1. The third kappa shape index (κ3) is 4.56. The Labute approximate surface area is 132 Å². The maximum atomic E-state index is 12.0. The van der Waals surface area contributed by atoms with Crippen LogP contribution in [0.4, 0.5) is 0 Å². The van der Waals surface area contributed by atoms with Crippen molar-refractivity contribution >= 4 is 16.9 Å². The van der Waals surface area contributed by atoms with Crippen LogP contribution in [0.15, 0.2) is 30.6 Å². The van der Waals surface area contributed by atoms with Crippen LogP contribution >= 0.6 is 0 Å². The first-order valence-electron chi connectivity index (χ1n) is 8.13. The Kier molecular flexibility index (Phi) is 6.40. The molecule has 0 unspecified atom stereocenters. The normalized spacial score (nSPS) is 11.2. The van der Waals surface area contributed by atoms with Gasteiger partial charge in [-0.1, -0.05) is 26.0 Å². The number of amides is 1. The number of unbranched alkanes of at least 4 members (excludes halogenated alkanes) is 1. The number of nitrogens with one attached hydrogen (secondary N) is 1. The first-order valence-corrected chi connectivity index (χ1v) is 8.13. The van der Waals surface area contributed by atoms with E-state index in [9.17, 15) is 4.79 Å². The molecule has 1 aromatic heterocycles. The molecule has 0 aliphatic carbocycles. The van der Waals surface area contributed by atoms with E-state index in [4.69, 9.17) is 0 Å². The molecule has 5 nitrogen and oxygen atoms in total. The van der Waals surface area contributed by atoms with Gasteiger partial charge in [-0.3, -0.25) is 4.79 Å². The number of rotatable bonds is 9. The minimum atomic E-state index is 0.0472. The van der Waals surface area contributed by atoms with E-state index in [-0.39, 0.29) is 5.91 Å². The first-order chi connectivity index (χ1) is 10.7. The highest BCUT2D eigenvalue weighted by atomic mass is 16.1. The number of hydrogen-bond donors (Lipinski definition) is 1. The summed E-state index contributed by atoms with van der Waals surface area (Å²) in [5, 5.41) is 2.99. The zero-order chi connectivity index (χ0) is 15.8. The molecule has 1 heterocycles. The first kappa shape index (κ1) is 16.5. The zero-order valence-electron chi connectivity index (χ0n) is 13.6. The van der Waals surface area contributed by atoms with Crippen molar-refractivity contribution in [3.8, 4) is 0 Å². The van der Waals surface area contributed by atoms with E-state index in [0.29, 0.717) is 6.54 Å². The number of hydrogen-bond acceptors (Lipinski definition) is 3. The van der Waals surface area contributed by atoms with Gasteiger partial charge in [0.15, 0.2) is 0 Å². The minimum absolute atomic E-state index is 0.0472. The number of benzene rings is 1. The topological polar surface area (TPSA) is 50.2 Å². The number of nitrogens with zero attached hydrogens (tertiary/aromatic N) is 3. The van der Waals surface area contributed by atoms with Gasteiger partial charge in [-0.15, -0.1) is 0 Å². The Morgan fingerprint density at radius 3 is 2.77 bits per heavy atom. The van der Waals surface area contributed by atoms with Crippen LogP contribution in [0, 0.1) is 0 Å². The van der Waals surface area contributed by atoms with E-state index in [1.165, 1.54) is 0 Å². The lowest BCUT2D eigenvalue weighted by Gasteiger charge is -2.17. The van der Waals surface area contributed by atoms with Crippen molar-refractivity contribution in [1.82, 2.24) is 19.8 Å². The molecule has 5 heteroatoms. The third-order valence-corrected chi connectivity index (χ3v) is 3.96. The van der Waals surface area contributed by atoms with Gasteiger partial charge in [-0.25, -0.2) is 4.98 Å². The number of para-hydroxylation sites is 2. The summed E-state index contributed by atoms with van der Waals surface area (Å²) in [5.41, 5.74) is 1.92. The molecule has 22 heavy (non-hydrogen) atoms. The van der Waals surface area contributed by atoms with Gasteiger partial charge in [0.2, 0.25) is 5.91 Å². The molecule has 0 saturated heterocycles. The Hall–Kier alpha value is -1.88. The molecule has 1 N–H and O–H groups in total. The Morgan fingerprint density at radius 1 is 1.23 bits per heavy atom. The number of aromatic nitrogens is 2. The average molecular weight is 302 g/mol. The number of fused-ring (bicyclic) bond motifs is 1. The van der Waals surface area contributed by atoms with E-state index in [1.807, 2.05) is 28.8 Å². The fraction of sp³-hybridized carbons (Fsp3) is 0.529. The van der Waals surface area contributed by atoms with Gasteiger partial charge in [0.1, 0.15) is 6.54 Å². The molecular weight excluding hydrogens is 276 g/mol. The van der Waals surface area contributed by atoms with Gasteiger partial charge < -0.3 is 14.8 Å². The van der Waals surface area contributed by atoms with Gasteiger partial charge in [-0.2, -0.15) is 0 Å². The summed E-state index contributed by atoms with van der Waals surface area (Å²) in [4.78, 5) is 18.7. The molecule has 0 aliphatic heterocycles. The summed E-state index contributed by atoms with van der Waals surface area (Å²) >= 11 is 0. The second kappa shape index (κ2) is 8.54. The van der Waals surface area contributed by atoms with E-state index >= 15 is 0 Å². The standard InChI is InChI=1S/C17H26N4O/c1-3-20(4-2)12-8-7-11-18-17(22)13-21-14-19-15-9-5-6-10-16(15)21/h5-6,9-10,14H,3-4,7-8,11-13H2,1-2H3,(H,18,22). The van der Waals surface area contributed by atoms with Crippen LogP contribution in [-0.2, 0) is 11.3 Å². The van der Waals surface area contributed by atoms with Crippen molar-refractivity contribution in [2.24, 2.45) is 0 Å². The predicted molar refractivity (Wildman–Crippen MR) is 89.8 cm³/mol. The second-order valence-electron chi connectivity index (χ2n) is 5.45. The van der Waals surface area contributed by atoms with E-state index in [1.54, 1.807) is 6.33 Å². The maximum Gasteiger partial charge on any atom is 0.239 e. The van der Waals surface area contributed by atoms with Crippen molar-refractivity contribution in [3.05, 3.63) is 30.6 Å². The fourth-order valence-corrected chi connectivity index (χ4v) is 2.57. The SMILES string of the molecule is CCN(CC)CCCCNC(=O)Cn1cnc2ccccc21. The molecule has 0 radical (unpaired) electrons. The summed E-state index contributed by atoms with van der Waals surface area (Å²) in [7, 11) is 0. The minimum Gasteiger partial charge on any atom is -0.355 e. The highest BCUT2D eigenvalue weighted by Crippen LogP contribution is 2.11. The van der Waals surface area contributed by atoms with Crippen LogP contribution < -0.4 is 5.32 Å². The van der Waals surface area contributed by atoms with Crippen molar-refractivity contribution in [2.45, 2.75) is 33.2 Å². The summed E-state index contributed by atoms with van der Waals surface area (Å²) < 4.78 is 1.89.